The molecule has 0 radical (unpaired) electrons. The van der Waals surface area contributed by atoms with Gasteiger partial charge in [0.05, 0.1) is 23.2 Å². The van der Waals surface area contributed by atoms with Crippen molar-refractivity contribution in [3.63, 3.8) is 0 Å². The maximum absolute atomic E-state index is 10.1. The second-order valence-electron chi connectivity index (χ2n) is 6.86. The monoisotopic (exact) mass is 275 g/mol. The Morgan fingerprint density at radius 2 is 1.90 bits per heavy atom. The molecule has 0 aliphatic heterocycles. The summed E-state index contributed by atoms with van der Waals surface area (Å²) in [7, 11) is 0. The summed E-state index contributed by atoms with van der Waals surface area (Å²) in [6.07, 6.45) is -0.599. The zero-order chi connectivity index (χ0) is 15.1. The van der Waals surface area contributed by atoms with Gasteiger partial charge < -0.3 is 15.8 Å². The van der Waals surface area contributed by atoms with E-state index < -0.39 is 12.1 Å². The number of rotatable bonds is 3. The molecule has 0 spiro atoms. The maximum Gasteiger partial charge on any atom is 0.126 e. The van der Waals surface area contributed by atoms with E-state index in [4.69, 9.17) is 5.73 Å². The van der Waals surface area contributed by atoms with E-state index in [1.165, 1.54) is 5.56 Å². The third-order valence-electron chi connectivity index (χ3n) is 3.73. The molecule has 0 unspecified atom stereocenters. The number of nitrogens with two attached hydrogens (primary N) is 1. The Hall–Kier alpha value is -1.39. The second-order valence-corrected chi connectivity index (χ2v) is 6.86. The number of aliphatic hydroxyl groups excluding tert-OH is 1. The van der Waals surface area contributed by atoms with E-state index in [-0.39, 0.29) is 11.3 Å². The van der Waals surface area contributed by atoms with Crippen LogP contribution < -0.4 is 5.73 Å². The molecule has 4 heteroatoms. The van der Waals surface area contributed by atoms with Crippen LogP contribution in [0, 0.1) is 5.92 Å². The van der Waals surface area contributed by atoms with Crippen LogP contribution in [0.4, 0.5) is 0 Å². The predicted molar refractivity (Wildman–Crippen MR) is 82.6 cm³/mol. The van der Waals surface area contributed by atoms with Crippen molar-refractivity contribution < 1.29 is 5.11 Å². The molecule has 4 N–H and O–H groups in total. The van der Waals surface area contributed by atoms with Gasteiger partial charge >= 0.3 is 0 Å². The smallest absolute Gasteiger partial charge is 0.126 e. The first-order valence-corrected chi connectivity index (χ1v) is 7.14. The number of imidazole rings is 1. The Morgan fingerprint density at radius 1 is 1.25 bits per heavy atom. The first kappa shape index (κ1) is 15.0. The summed E-state index contributed by atoms with van der Waals surface area (Å²) in [5.41, 5.74) is 9.27. The third-order valence-corrected chi connectivity index (χ3v) is 3.73. The number of hydrogen-bond donors (Lipinski definition) is 3. The SMILES string of the molecule is CC(C)[C@@H](O)[C@H](N)c1nc2cc(C(C)(C)C)ccc2[nH]1. The molecule has 1 aromatic heterocycles. The summed E-state index contributed by atoms with van der Waals surface area (Å²) >= 11 is 0. The van der Waals surface area contributed by atoms with Crippen LogP contribution in [0.15, 0.2) is 18.2 Å². The lowest BCUT2D eigenvalue weighted by Gasteiger charge is -2.19. The molecule has 110 valence electrons. The third kappa shape index (κ3) is 2.86. The van der Waals surface area contributed by atoms with Crippen LogP contribution in [0.3, 0.4) is 0 Å². The minimum absolute atomic E-state index is 0.0901. The Kier molecular flexibility index (Phi) is 3.89. The van der Waals surface area contributed by atoms with Gasteiger partial charge in [0.25, 0.3) is 0 Å². The predicted octanol–water partition coefficient (Wildman–Crippen LogP) is 2.88. The highest BCUT2D eigenvalue weighted by Crippen LogP contribution is 2.26. The summed E-state index contributed by atoms with van der Waals surface area (Å²) in [5.74, 6) is 0.746. The number of nitrogens with one attached hydrogen (secondary N) is 1. The zero-order valence-electron chi connectivity index (χ0n) is 12.9. The van der Waals surface area contributed by atoms with Crippen LogP contribution in [0.1, 0.15) is 52.0 Å². The lowest BCUT2D eigenvalue weighted by molar-refractivity contribution is 0.0954. The molecule has 0 amide bonds. The van der Waals surface area contributed by atoms with Crippen LogP contribution in [0.5, 0.6) is 0 Å². The molecular weight excluding hydrogens is 250 g/mol. The van der Waals surface area contributed by atoms with Crippen LogP contribution >= 0.6 is 0 Å². The van der Waals surface area contributed by atoms with E-state index in [1.54, 1.807) is 0 Å². The molecule has 0 fully saturated rings. The van der Waals surface area contributed by atoms with Crippen molar-refractivity contribution >= 4 is 11.0 Å². The number of aromatic nitrogens is 2. The lowest BCUT2D eigenvalue weighted by Crippen LogP contribution is -2.31. The van der Waals surface area contributed by atoms with Crippen LogP contribution in [-0.4, -0.2) is 21.2 Å². The van der Waals surface area contributed by atoms with Gasteiger partial charge in [-0.3, -0.25) is 0 Å². The van der Waals surface area contributed by atoms with Gasteiger partial charge in [-0.1, -0.05) is 40.7 Å². The fourth-order valence-corrected chi connectivity index (χ4v) is 2.23. The van der Waals surface area contributed by atoms with Crippen LogP contribution in [-0.2, 0) is 5.41 Å². The zero-order valence-corrected chi connectivity index (χ0v) is 12.9. The minimum atomic E-state index is -0.599. The van der Waals surface area contributed by atoms with Crippen molar-refractivity contribution in [2.45, 2.75) is 52.2 Å². The summed E-state index contributed by atoms with van der Waals surface area (Å²) in [6.45, 7) is 10.4. The van der Waals surface area contributed by atoms with Crippen molar-refractivity contribution in [1.29, 1.82) is 0 Å². The molecule has 0 aliphatic carbocycles. The first-order valence-electron chi connectivity index (χ1n) is 7.14. The van der Waals surface area contributed by atoms with E-state index in [9.17, 15) is 5.11 Å². The van der Waals surface area contributed by atoms with Crippen molar-refractivity contribution in [3.05, 3.63) is 29.6 Å². The van der Waals surface area contributed by atoms with Crippen molar-refractivity contribution in [2.75, 3.05) is 0 Å². The van der Waals surface area contributed by atoms with E-state index in [2.05, 4.69) is 42.9 Å². The van der Waals surface area contributed by atoms with Gasteiger partial charge in [-0.05, 0) is 29.0 Å². The van der Waals surface area contributed by atoms with E-state index >= 15 is 0 Å². The Balaban J connectivity index is 2.39. The molecule has 2 atom stereocenters. The van der Waals surface area contributed by atoms with E-state index in [0.29, 0.717) is 5.82 Å². The average molecular weight is 275 g/mol. The topological polar surface area (TPSA) is 74.9 Å². The highest BCUT2D eigenvalue weighted by atomic mass is 16.3. The summed E-state index contributed by atoms with van der Waals surface area (Å²) in [5, 5.41) is 10.1. The molecule has 2 rings (SSSR count). The standard InChI is InChI=1S/C16H25N3O/c1-9(2)14(20)13(17)15-18-11-7-6-10(16(3,4)5)8-12(11)19-15/h6-9,13-14,20H,17H2,1-5H3,(H,18,19)/t13-,14+/m0/s1. The van der Waals surface area contributed by atoms with Gasteiger partial charge in [0.1, 0.15) is 5.82 Å². The molecule has 0 saturated heterocycles. The molecule has 2 aromatic rings. The summed E-state index contributed by atoms with van der Waals surface area (Å²) < 4.78 is 0. The highest BCUT2D eigenvalue weighted by Gasteiger charge is 2.23. The molecule has 20 heavy (non-hydrogen) atoms. The van der Waals surface area contributed by atoms with Gasteiger partial charge in [0.15, 0.2) is 0 Å². The van der Waals surface area contributed by atoms with Gasteiger partial charge in [0, 0.05) is 0 Å². The van der Waals surface area contributed by atoms with Crippen molar-refractivity contribution in [1.82, 2.24) is 9.97 Å². The molecule has 0 aliphatic rings. The van der Waals surface area contributed by atoms with E-state index in [0.717, 1.165) is 11.0 Å². The van der Waals surface area contributed by atoms with Crippen LogP contribution in [0.25, 0.3) is 11.0 Å². The Morgan fingerprint density at radius 3 is 2.45 bits per heavy atom. The molecule has 0 bridgehead atoms. The lowest BCUT2D eigenvalue weighted by atomic mass is 9.87. The number of aromatic amines is 1. The number of fused-ring (bicyclic) bond motifs is 1. The number of benzene rings is 1. The number of hydrogen-bond acceptors (Lipinski definition) is 3. The molecule has 1 aromatic carbocycles. The second kappa shape index (κ2) is 5.19. The van der Waals surface area contributed by atoms with Crippen molar-refractivity contribution in [2.24, 2.45) is 11.7 Å². The molecule has 4 nitrogen and oxygen atoms in total. The quantitative estimate of drug-likeness (QED) is 0.806. The molecule has 1 heterocycles. The van der Waals surface area contributed by atoms with Crippen molar-refractivity contribution in [3.8, 4) is 0 Å². The fraction of sp³-hybridized carbons (Fsp3) is 0.562. The van der Waals surface area contributed by atoms with E-state index in [1.807, 2.05) is 19.9 Å². The summed E-state index contributed by atoms with van der Waals surface area (Å²) in [6, 6.07) is 5.74. The van der Waals surface area contributed by atoms with Gasteiger partial charge in [-0.15, -0.1) is 0 Å². The minimum Gasteiger partial charge on any atom is -0.391 e. The van der Waals surface area contributed by atoms with Gasteiger partial charge in [0.2, 0.25) is 0 Å². The number of aliphatic hydroxyl groups is 1. The highest BCUT2D eigenvalue weighted by molar-refractivity contribution is 5.76. The summed E-state index contributed by atoms with van der Waals surface area (Å²) in [4.78, 5) is 7.76. The fourth-order valence-electron chi connectivity index (χ4n) is 2.23. The Bertz CT molecular complexity index is 595. The normalized spacial score (nSPS) is 15.8. The molecular formula is C16H25N3O. The van der Waals surface area contributed by atoms with Crippen LogP contribution in [0.2, 0.25) is 0 Å². The maximum atomic E-state index is 10.1. The Labute approximate surface area is 120 Å². The average Bonchev–Trinajstić information content (AvgIpc) is 2.78. The van der Waals surface area contributed by atoms with Gasteiger partial charge in [-0.25, -0.2) is 4.98 Å². The largest absolute Gasteiger partial charge is 0.391 e. The number of nitrogens with zero attached hydrogens (tertiary/aromatic N) is 1. The van der Waals surface area contributed by atoms with Gasteiger partial charge in [-0.2, -0.15) is 0 Å². The molecule has 0 saturated carbocycles. The number of H-pyrrole nitrogens is 1. The first-order chi connectivity index (χ1) is 9.20.